The molecular formula is C18H22N2O3S2. The van der Waals surface area contributed by atoms with Crippen LogP contribution < -0.4 is 0 Å². The van der Waals surface area contributed by atoms with Crippen LogP contribution in [0.2, 0.25) is 0 Å². The van der Waals surface area contributed by atoms with E-state index in [1.165, 1.54) is 16.9 Å². The molecule has 1 aromatic heterocycles. The third-order valence-electron chi connectivity index (χ3n) is 4.65. The molecule has 0 spiro atoms. The van der Waals surface area contributed by atoms with E-state index in [0.717, 1.165) is 21.1 Å². The Kier molecular flexibility index (Phi) is 4.97. The van der Waals surface area contributed by atoms with Crippen molar-refractivity contribution >= 4 is 27.1 Å². The first kappa shape index (κ1) is 18.1. The average molecular weight is 379 g/mol. The van der Waals surface area contributed by atoms with Crippen LogP contribution in [0.4, 0.5) is 0 Å². The number of hydrogen-bond donors (Lipinski definition) is 0. The van der Waals surface area contributed by atoms with Gasteiger partial charge >= 0.3 is 0 Å². The number of thiazole rings is 1. The van der Waals surface area contributed by atoms with Crippen LogP contribution in [0.5, 0.6) is 0 Å². The van der Waals surface area contributed by atoms with E-state index in [1.54, 1.807) is 11.9 Å². The highest BCUT2D eigenvalue weighted by molar-refractivity contribution is 7.91. The van der Waals surface area contributed by atoms with E-state index < -0.39 is 9.84 Å². The van der Waals surface area contributed by atoms with Crippen molar-refractivity contribution in [3.63, 3.8) is 0 Å². The smallest absolute Gasteiger partial charge is 0.227 e. The van der Waals surface area contributed by atoms with E-state index in [0.29, 0.717) is 6.42 Å². The molecule has 0 radical (unpaired) electrons. The fraction of sp³-hybridized carbons (Fsp3) is 0.444. The first-order chi connectivity index (χ1) is 11.7. The minimum atomic E-state index is -2.99. The van der Waals surface area contributed by atoms with E-state index in [9.17, 15) is 13.2 Å². The lowest BCUT2D eigenvalue weighted by Crippen LogP contribution is -2.38. The third-order valence-corrected chi connectivity index (χ3v) is 7.61. The van der Waals surface area contributed by atoms with Crippen LogP contribution in [0.3, 0.4) is 0 Å². The van der Waals surface area contributed by atoms with Crippen LogP contribution in [-0.4, -0.2) is 48.8 Å². The van der Waals surface area contributed by atoms with E-state index in [1.807, 2.05) is 38.1 Å². The molecule has 0 bridgehead atoms. The van der Waals surface area contributed by atoms with E-state index >= 15 is 0 Å². The van der Waals surface area contributed by atoms with Crippen molar-refractivity contribution in [3.05, 3.63) is 40.4 Å². The summed E-state index contributed by atoms with van der Waals surface area (Å²) in [6, 6.07) is 7.96. The van der Waals surface area contributed by atoms with Gasteiger partial charge in [-0.2, -0.15) is 0 Å². The summed E-state index contributed by atoms with van der Waals surface area (Å²) in [5.74, 6) is 0.196. The van der Waals surface area contributed by atoms with Crippen molar-refractivity contribution in [3.8, 4) is 10.6 Å². The van der Waals surface area contributed by atoms with Crippen molar-refractivity contribution in [2.45, 2.75) is 32.7 Å². The molecular weight excluding hydrogens is 356 g/mol. The second kappa shape index (κ2) is 6.88. The lowest BCUT2D eigenvalue weighted by atomic mass is 10.2. The molecule has 3 rings (SSSR count). The van der Waals surface area contributed by atoms with Gasteiger partial charge < -0.3 is 4.90 Å². The van der Waals surface area contributed by atoms with Crippen LogP contribution in [-0.2, 0) is 21.1 Å². The molecule has 134 valence electrons. The van der Waals surface area contributed by atoms with Crippen molar-refractivity contribution in [1.29, 1.82) is 0 Å². The second-order valence-electron chi connectivity index (χ2n) is 6.63. The van der Waals surface area contributed by atoms with Gasteiger partial charge in [-0.25, -0.2) is 13.4 Å². The van der Waals surface area contributed by atoms with Gasteiger partial charge in [0.25, 0.3) is 0 Å². The molecule has 1 saturated heterocycles. The summed E-state index contributed by atoms with van der Waals surface area (Å²) in [5.41, 5.74) is 3.11. The van der Waals surface area contributed by atoms with Gasteiger partial charge in [-0.1, -0.05) is 29.8 Å². The predicted molar refractivity (Wildman–Crippen MR) is 101 cm³/mol. The second-order valence-corrected chi connectivity index (χ2v) is 9.94. The number of rotatable bonds is 4. The van der Waals surface area contributed by atoms with Crippen molar-refractivity contribution in [2.24, 2.45) is 0 Å². The summed E-state index contributed by atoms with van der Waals surface area (Å²) in [6.45, 7) is 3.96. The Labute approximate surface area is 152 Å². The highest BCUT2D eigenvalue weighted by atomic mass is 32.2. The first-order valence-electron chi connectivity index (χ1n) is 8.24. The van der Waals surface area contributed by atoms with E-state index in [2.05, 4.69) is 4.98 Å². The normalized spacial score (nSPS) is 19.1. The standard InChI is InChI=1S/C18H22N2O3S2/c1-12-4-6-14(7-5-12)18-19-13(2)16(24-18)10-17(21)20(3)15-8-9-25(22,23)11-15/h4-7,15H,8-11H2,1-3H3. The SMILES string of the molecule is Cc1ccc(-c2nc(C)c(CC(=O)N(C)C3CCS(=O)(=O)C3)s2)cc1. The summed E-state index contributed by atoms with van der Waals surface area (Å²) >= 11 is 1.53. The number of hydrogen-bond acceptors (Lipinski definition) is 5. The average Bonchev–Trinajstić information content (AvgIpc) is 3.10. The van der Waals surface area contributed by atoms with Gasteiger partial charge in [0.1, 0.15) is 5.01 Å². The van der Waals surface area contributed by atoms with Gasteiger partial charge in [-0.15, -0.1) is 11.3 Å². The Balaban J connectivity index is 1.72. The molecule has 2 heterocycles. The van der Waals surface area contributed by atoms with Crippen molar-refractivity contribution in [1.82, 2.24) is 9.88 Å². The Morgan fingerprint density at radius 1 is 1.28 bits per heavy atom. The van der Waals surface area contributed by atoms with E-state index in [-0.39, 0.29) is 29.9 Å². The maximum atomic E-state index is 12.6. The number of benzene rings is 1. The van der Waals surface area contributed by atoms with Crippen molar-refractivity contribution < 1.29 is 13.2 Å². The monoisotopic (exact) mass is 378 g/mol. The summed E-state index contributed by atoms with van der Waals surface area (Å²) in [7, 11) is -1.29. The molecule has 7 heteroatoms. The topological polar surface area (TPSA) is 67.3 Å². The summed E-state index contributed by atoms with van der Waals surface area (Å²) in [6.07, 6.45) is 0.795. The Bertz CT molecular complexity index is 886. The Hall–Kier alpha value is -1.73. The van der Waals surface area contributed by atoms with Crippen molar-refractivity contribution in [2.75, 3.05) is 18.6 Å². The minimum absolute atomic E-state index is 0.0516. The fourth-order valence-corrected chi connectivity index (χ4v) is 5.79. The molecule has 1 aliphatic rings. The molecule has 0 N–H and O–H groups in total. The minimum Gasteiger partial charge on any atom is -0.341 e. The molecule has 1 amide bonds. The molecule has 1 fully saturated rings. The van der Waals surface area contributed by atoms with Gasteiger partial charge in [0.15, 0.2) is 9.84 Å². The highest BCUT2D eigenvalue weighted by Crippen LogP contribution is 2.29. The number of sulfone groups is 1. The molecule has 1 atom stereocenters. The zero-order valence-corrected chi connectivity index (χ0v) is 16.3. The van der Waals surface area contributed by atoms with Gasteiger partial charge in [0.2, 0.25) is 5.91 Å². The highest BCUT2D eigenvalue weighted by Gasteiger charge is 2.32. The zero-order valence-electron chi connectivity index (χ0n) is 14.7. The molecule has 1 unspecified atom stereocenters. The number of carbonyl (C=O) groups excluding carboxylic acids is 1. The number of likely N-dealkylation sites (N-methyl/N-ethyl adjacent to an activating group) is 1. The number of nitrogens with zero attached hydrogens (tertiary/aromatic N) is 2. The summed E-state index contributed by atoms with van der Waals surface area (Å²) in [4.78, 5) is 19.7. The largest absolute Gasteiger partial charge is 0.341 e. The number of amides is 1. The van der Waals surface area contributed by atoms with Gasteiger partial charge in [-0.05, 0) is 20.3 Å². The lowest BCUT2D eigenvalue weighted by molar-refractivity contribution is -0.130. The van der Waals surface area contributed by atoms with Crippen LogP contribution in [0.1, 0.15) is 22.6 Å². The van der Waals surface area contributed by atoms with Gasteiger partial charge in [0.05, 0.1) is 23.6 Å². The molecule has 25 heavy (non-hydrogen) atoms. The zero-order chi connectivity index (χ0) is 18.2. The summed E-state index contributed by atoms with van der Waals surface area (Å²) < 4.78 is 23.2. The molecule has 0 saturated carbocycles. The third kappa shape index (κ3) is 4.10. The van der Waals surface area contributed by atoms with Crippen LogP contribution in [0.15, 0.2) is 24.3 Å². The van der Waals surface area contributed by atoms with Crippen LogP contribution in [0.25, 0.3) is 10.6 Å². The fourth-order valence-electron chi connectivity index (χ4n) is 2.96. The van der Waals surface area contributed by atoms with Gasteiger partial charge in [0, 0.05) is 23.5 Å². The number of aromatic nitrogens is 1. The van der Waals surface area contributed by atoms with Gasteiger partial charge in [-0.3, -0.25) is 4.79 Å². The quantitative estimate of drug-likeness (QED) is 0.820. The Morgan fingerprint density at radius 2 is 1.96 bits per heavy atom. The molecule has 1 aromatic carbocycles. The van der Waals surface area contributed by atoms with Crippen LogP contribution in [0, 0.1) is 13.8 Å². The molecule has 5 nitrogen and oxygen atoms in total. The Morgan fingerprint density at radius 3 is 2.56 bits per heavy atom. The summed E-state index contributed by atoms with van der Waals surface area (Å²) in [5, 5.41) is 0.909. The number of carbonyl (C=O) groups is 1. The predicted octanol–water partition coefficient (Wildman–Crippen LogP) is 2.61. The molecule has 2 aromatic rings. The first-order valence-corrected chi connectivity index (χ1v) is 10.9. The lowest BCUT2D eigenvalue weighted by Gasteiger charge is -2.23. The van der Waals surface area contributed by atoms with Crippen LogP contribution >= 0.6 is 11.3 Å². The number of aryl methyl sites for hydroxylation is 2. The maximum Gasteiger partial charge on any atom is 0.227 e. The molecule has 0 aliphatic carbocycles. The van der Waals surface area contributed by atoms with E-state index in [4.69, 9.17) is 0 Å². The molecule has 1 aliphatic heterocycles. The maximum absolute atomic E-state index is 12.6.